The van der Waals surface area contributed by atoms with Crippen LogP contribution in [0.4, 0.5) is 0 Å². The molecule has 1 aliphatic carbocycles. The van der Waals surface area contributed by atoms with E-state index in [1.807, 2.05) is 20.0 Å². The molecule has 1 saturated carbocycles. The van der Waals surface area contributed by atoms with E-state index in [1.165, 1.54) is 0 Å². The van der Waals surface area contributed by atoms with Crippen molar-refractivity contribution in [2.75, 3.05) is 13.6 Å². The number of aryl methyl sites for hydroxylation is 1. The molecule has 1 unspecified atom stereocenters. The smallest absolute Gasteiger partial charge is 0.259 e. The Morgan fingerprint density at radius 1 is 1.46 bits per heavy atom. The number of carbonyl (C=O) groups is 1. The van der Waals surface area contributed by atoms with Crippen LogP contribution in [0.5, 0.6) is 0 Å². The van der Waals surface area contributed by atoms with E-state index in [9.17, 15) is 4.79 Å². The van der Waals surface area contributed by atoms with Crippen molar-refractivity contribution in [2.45, 2.75) is 52.0 Å². The van der Waals surface area contributed by atoms with E-state index >= 15 is 0 Å². The topological polar surface area (TPSA) is 85.2 Å². The van der Waals surface area contributed by atoms with E-state index in [0.29, 0.717) is 35.4 Å². The van der Waals surface area contributed by atoms with Crippen LogP contribution in [0.15, 0.2) is 10.6 Å². The molecule has 0 saturated heterocycles. The first-order chi connectivity index (χ1) is 11.4. The minimum atomic E-state index is -0.0217. The summed E-state index contributed by atoms with van der Waals surface area (Å²) < 4.78 is 5.32. The lowest BCUT2D eigenvalue weighted by Crippen LogP contribution is -2.34. The zero-order valence-electron chi connectivity index (χ0n) is 14.9. The Labute approximate surface area is 142 Å². The molecule has 0 radical (unpaired) electrons. The third-order valence-corrected chi connectivity index (χ3v) is 4.86. The first-order valence-corrected chi connectivity index (χ1v) is 8.66. The van der Waals surface area contributed by atoms with Crippen molar-refractivity contribution in [3.05, 3.63) is 23.0 Å². The molecule has 2 heterocycles. The van der Waals surface area contributed by atoms with Gasteiger partial charge in [0, 0.05) is 31.2 Å². The summed E-state index contributed by atoms with van der Waals surface area (Å²) in [6.07, 6.45) is 3.03. The molecule has 2 aromatic heterocycles. The van der Waals surface area contributed by atoms with Crippen LogP contribution in [0, 0.1) is 12.8 Å². The SMILES string of the molecule is Cc1noc2nc(C3CC3)cc(C(=O)N(C)CCC(N)C(C)C)c12. The second-order valence-electron chi connectivity index (χ2n) is 7.24. The predicted octanol–water partition coefficient (Wildman–Crippen LogP) is 2.85. The molecule has 1 aliphatic rings. The highest BCUT2D eigenvalue weighted by molar-refractivity contribution is 6.06. The standard InChI is InChI=1S/C18H26N4O2/c1-10(2)14(19)7-8-22(4)18(23)13-9-15(12-5-6-12)20-17-16(13)11(3)21-24-17/h9-10,12,14H,5-8,19H2,1-4H3. The minimum Gasteiger partial charge on any atom is -0.342 e. The van der Waals surface area contributed by atoms with Gasteiger partial charge in [-0.2, -0.15) is 0 Å². The van der Waals surface area contributed by atoms with Crippen molar-refractivity contribution >= 4 is 17.0 Å². The zero-order chi connectivity index (χ0) is 17.4. The van der Waals surface area contributed by atoms with Crippen molar-refractivity contribution in [1.29, 1.82) is 0 Å². The number of hydrogen-bond donors (Lipinski definition) is 1. The fourth-order valence-corrected chi connectivity index (χ4v) is 2.85. The van der Waals surface area contributed by atoms with Gasteiger partial charge in [-0.25, -0.2) is 4.98 Å². The Morgan fingerprint density at radius 2 is 2.17 bits per heavy atom. The van der Waals surface area contributed by atoms with E-state index in [0.717, 1.165) is 30.3 Å². The Balaban J connectivity index is 1.86. The molecule has 1 fully saturated rings. The lowest BCUT2D eigenvalue weighted by molar-refractivity contribution is 0.0791. The number of nitrogens with two attached hydrogens (primary N) is 1. The summed E-state index contributed by atoms with van der Waals surface area (Å²) in [5, 5.41) is 4.71. The van der Waals surface area contributed by atoms with Gasteiger partial charge in [-0.3, -0.25) is 4.79 Å². The number of aromatic nitrogens is 2. The van der Waals surface area contributed by atoms with Gasteiger partial charge in [0.05, 0.1) is 16.6 Å². The van der Waals surface area contributed by atoms with Crippen LogP contribution in [-0.2, 0) is 0 Å². The monoisotopic (exact) mass is 330 g/mol. The van der Waals surface area contributed by atoms with Gasteiger partial charge >= 0.3 is 0 Å². The molecular formula is C18H26N4O2. The van der Waals surface area contributed by atoms with Crippen molar-refractivity contribution in [3.8, 4) is 0 Å². The number of rotatable bonds is 6. The summed E-state index contributed by atoms with van der Waals surface area (Å²) in [5.74, 6) is 0.834. The lowest BCUT2D eigenvalue weighted by atomic mass is 10.0. The van der Waals surface area contributed by atoms with Gasteiger partial charge in [-0.05, 0) is 38.2 Å². The Hall–Kier alpha value is -1.95. The number of pyridine rings is 1. The van der Waals surface area contributed by atoms with Crippen LogP contribution in [0.3, 0.4) is 0 Å². The molecule has 0 aliphatic heterocycles. The average Bonchev–Trinajstić information content (AvgIpc) is 3.34. The van der Waals surface area contributed by atoms with Crippen LogP contribution in [0.2, 0.25) is 0 Å². The third kappa shape index (κ3) is 3.29. The Kier molecular flexibility index (Phi) is 4.58. The van der Waals surface area contributed by atoms with Gasteiger partial charge in [-0.1, -0.05) is 19.0 Å². The molecule has 6 heteroatoms. The fraction of sp³-hybridized carbons (Fsp3) is 0.611. The van der Waals surface area contributed by atoms with Gasteiger partial charge in [-0.15, -0.1) is 0 Å². The lowest BCUT2D eigenvalue weighted by Gasteiger charge is -2.22. The molecule has 130 valence electrons. The normalized spacial score (nSPS) is 15.9. The first kappa shape index (κ1) is 16.9. The summed E-state index contributed by atoms with van der Waals surface area (Å²) in [5.41, 5.74) is 8.85. The Bertz CT molecular complexity index is 749. The Morgan fingerprint density at radius 3 is 2.79 bits per heavy atom. The van der Waals surface area contributed by atoms with Gasteiger partial charge < -0.3 is 15.2 Å². The van der Waals surface area contributed by atoms with E-state index in [1.54, 1.807) is 4.90 Å². The van der Waals surface area contributed by atoms with Gasteiger partial charge in [0.15, 0.2) is 0 Å². The molecule has 2 aromatic rings. The van der Waals surface area contributed by atoms with E-state index in [4.69, 9.17) is 10.3 Å². The van der Waals surface area contributed by atoms with Crippen LogP contribution < -0.4 is 5.73 Å². The van der Waals surface area contributed by atoms with Gasteiger partial charge in [0.25, 0.3) is 11.6 Å². The maximum Gasteiger partial charge on any atom is 0.259 e. The maximum atomic E-state index is 13.0. The molecule has 0 aromatic carbocycles. The second kappa shape index (κ2) is 6.51. The number of fused-ring (bicyclic) bond motifs is 1. The summed E-state index contributed by atoms with van der Waals surface area (Å²) in [6.45, 7) is 6.67. The minimum absolute atomic E-state index is 0.0217. The molecule has 24 heavy (non-hydrogen) atoms. The summed E-state index contributed by atoms with van der Waals surface area (Å²) in [6, 6.07) is 2.02. The van der Waals surface area contributed by atoms with Gasteiger partial charge in [0.1, 0.15) is 0 Å². The van der Waals surface area contributed by atoms with Crippen LogP contribution in [0.1, 0.15) is 60.8 Å². The van der Waals surface area contributed by atoms with Crippen LogP contribution in [0.25, 0.3) is 11.1 Å². The van der Waals surface area contributed by atoms with Crippen molar-refractivity contribution < 1.29 is 9.32 Å². The summed E-state index contributed by atoms with van der Waals surface area (Å²) in [4.78, 5) is 19.2. The van der Waals surface area contributed by atoms with Crippen molar-refractivity contribution in [1.82, 2.24) is 15.0 Å². The number of nitrogens with zero attached hydrogens (tertiary/aromatic N) is 3. The molecule has 0 bridgehead atoms. The fourth-order valence-electron chi connectivity index (χ4n) is 2.85. The van der Waals surface area contributed by atoms with E-state index in [-0.39, 0.29) is 11.9 Å². The van der Waals surface area contributed by atoms with E-state index in [2.05, 4.69) is 24.0 Å². The number of hydrogen-bond acceptors (Lipinski definition) is 5. The highest BCUT2D eigenvalue weighted by Gasteiger charge is 2.29. The first-order valence-electron chi connectivity index (χ1n) is 8.66. The predicted molar refractivity (Wildman–Crippen MR) is 92.9 cm³/mol. The quantitative estimate of drug-likeness (QED) is 0.880. The highest BCUT2D eigenvalue weighted by atomic mass is 16.5. The second-order valence-corrected chi connectivity index (χ2v) is 7.24. The summed E-state index contributed by atoms with van der Waals surface area (Å²) >= 11 is 0. The zero-order valence-corrected chi connectivity index (χ0v) is 14.9. The molecule has 6 nitrogen and oxygen atoms in total. The maximum absolute atomic E-state index is 13.0. The largest absolute Gasteiger partial charge is 0.342 e. The number of amides is 1. The molecule has 0 spiro atoms. The highest BCUT2D eigenvalue weighted by Crippen LogP contribution is 2.40. The van der Waals surface area contributed by atoms with Crippen LogP contribution in [-0.4, -0.2) is 40.6 Å². The molecule has 3 rings (SSSR count). The van der Waals surface area contributed by atoms with Crippen LogP contribution >= 0.6 is 0 Å². The van der Waals surface area contributed by atoms with Crippen molar-refractivity contribution in [2.24, 2.45) is 11.7 Å². The summed E-state index contributed by atoms with van der Waals surface area (Å²) in [7, 11) is 1.82. The molecular weight excluding hydrogens is 304 g/mol. The molecule has 1 atom stereocenters. The molecule has 1 amide bonds. The third-order valence-electron chi connectivity index (χ3n) is 4.86. The van der Waals surface area contributed by atoms with Crippen molar-refractivity contribution in [3.63, 3.8) is 0 Å². The van der Waals surface area contributed by atoms with Gasteiger partial charge in [0.2, 0.25) is 0 Å². The number of carbonyl (C=O) groups excluding carboxylic acids is 1. The molecule has 2 N–H and O–H groups in total. The van der Waals surface area contributed by atoms with E-state index < -0.39 is 0 Å². The average molecular weight is 330 g/mol.